The second-order valence-electron chi connectivity index (χ2n) is 4.07. The molecule has 12 heteroatoms. The first-order valence-corrected chi connectivity index (χ1v) is 5.66. The van der Waals surface area contributed by atoms with Crippen LogP contribution in [0.2, 0.25) is 0 Å². The number of rotatable bonds is 11. The Kier molecular flexibility index (Phi) is 11.9. The van der Waals surface area contributed by atoms with Gasteiger partial charge in [-0.05, 0) is 0 Å². The maximum absolute atomic E-state index is 10.6. The fourth-order valence-electron chi connectivity index (χ4n) is 1.48. The van der Waals surface area contributed by atoms with Gasteiger partial charge in [0.15, 0.2) is 0 Å². The molecule has 0 aromatic carbocycles. The summed E-state index contributed by atoms with van der Waals surface area (Å²) >= 11 is 0. The van der Waals surface area contributed by atoms with E-state index in [2.05, 4.69) is 0 Å². The van der Waals surface area contributed by atoms with Crippen molar-refractivity contribution in [3.05, 3.63) is 0 Å². The number of aliphatic hydroxyl groups is 1. The quantitative estimate of drug-likeness (QED) is 0.191. The third-order valence-corrected chi connectivity index (χ3v) is 2.33. The number of hydrogen-bond donors (Lipinski definition) is 5. The van der Waals surface area contributed by atoms with Crippen LogP contribution in [0.15, 0.2) is 0 Å². The van der Waals surface area contributed by atoms with E-state index >= 15 is 0 Å². The van der Waals surface area contributed by atoms with Gasteiger partial charge in [0.2, 0.25) is 6.23 Å². The molecule has 0 fully saturated rings. The Morgan fingerprint density at radius 1 is 0.773 bits per heavy atom. The zero-order valence-corrected chi connectivity index (χ0v) is 13.9. The summed E-state index contributed by atoms with van der Waals surface area (Å²) in [7, 11) is 0. The maximum atomic E-state index is 10.6. The summed E-state index contributed by atoms with van der Waals surface area (Å²) in [5.74, 6) is -5.64. The number of aliphatic hydroxyl groups excluding tert-OH is 1. The fraction of sp³-hybridized carbons (Fsp3) is 0.600. The zero-order chi connectivity index (χ0) is 16.6. The van der Waals surface area contributed by atoms with E-state index in [9.17, 15) is 24.3 Å². The third kappa shape index (κ3) is 10.5. The van der Waals surface area contributed by atoms with E-state index in [1.54, 1.807) is 0 Å². The average molecular weight is 331 g/mol. The predicted octanol–water partition coefficient (Wildman–Crippen LogP) is -3.13. The van der Waals surface area contributed by atoms with Crippen molar-refractivity contribution in [2.24, 2.45) is 0 Å². The minimum Gasteiger partial charge on any atom is -0.480 e. The van der Waals surface area contributed by atoms with Crippen molar-refractivity contribution in [3.8, 4) is 0 Å². The molecule has 0 spiro atoms. The number of carbonyl (C=O) groups is 4. The molecule has 0 saturated heterocycles. The molecule has 0 aliphatic rings. The van der Waals surface area contributed by atoms with Crippen molar-refractivity contribution < 1.29 is 44.7 Å². The Labute approximate surface area is 147 Å². The van der Waals surface area contributed by atoms with Crippen LogP contribution in [-0.4, -0.2) is 128 Å². The molecule has 1 unspecified atom stereocenters. The topological polar surface area (TPSA) is 176 Å². The van der Waals surface area contributed by atoms with Crippen LogP contribution in [0.4, 0.5) is 0 Å². The first-order chi connectivity index (χ1) is 9.63. The molecular formula is C10H16N2NaO9. The molecule has 0 saturated carbocycles. The minimum absolute atomic E-state index is 0. The SMILES string of the molecule is O=C(O)CN(CCN(CC(=O)O)C(O)C(=O)O)CC(=O)O.[Na]. The van der Waals surface area contributed by atoms with Crippen LogP contribution < -0.4 is 0 Å². The molecule has 0 aromatic heterocycles. The Hall–Kier alpha value is -1.24. The number of nitrogens with zero attached hydrogens (tertiary/aromatic N) is 2. The van der Waals surface area contributed by atoms with Gasteiger partial charge in [0.05, 0.1) is 19.6 Å². The fourth-order valence-corrected chi connectivity index (χ4v) is 1.48. The van der Waals surface area contributed by atoms with Gasteiger partial charge in [0, 0.05) is 42.6 Å². The number of carboxylic acids is 4. The largest absolute Gasteiger partial charge is 0.480 e. The standard InChI is InChI=1S/C10H16N2O9.Na/c13-6(14)3-11(4-7(15)16)1-2-12(5-8(17)18)9(19)10(20)21;/h9,19H,1-5H2,(H,13,14)(H,15,16)(H,17,18)(H,20,21);. The molecule has 0 aromatic rings. The Bertz CT molecular complexity index is 401. The van der Waals surface area contributed by atoms with Gasteiger partial charge in [-0.15, -0.1) is 0 Å². The second-order valence-corrected chi connectivity index (χ2v) is 4.07. The summed E-state index contributed by atoms with van der Waals surface area (Å²) in [4.78, 5) is 44.0. The molecule has 0 aliphatic carbocycles. The van der Waals surface area contributed by atoms with Crippen LogP contribution in [0.1, 0.15) is 0 Å². The van der Waals surface area contributed by atoms with Crippen LogP contribution in [0.5, 0.6) is 0 Å². The van der Waals surface area contributed by atoms with Gasteiger partial charge in [-0.25, -0.2) is 4.79 Å². The van der Waals surface area contributed by atoms with Crippen LogP contribution in [0.3, 0.4) is 0 Å². The van der Waals surface area contributed by atoms with Gasteiger partial charge >= 0.3 is 23.9 Å². The first kappa shape index (κ1) is 23.0. The average Bonchev–Trinajstić information content (AvgIpc) is 2.31. The summed E-state index contributed by atoms with van der Waals surface area (Å²) < 4.78 is 0. The molecular weight excluding hydrogens is 315 g/mol. The van der Waals surface area contributed by atoms with Gasteiger partial charge < -0.3 is 25.5 Å². The van der Waals surface area contributed by atoms with Gasteiger partial charge in [-0.3, -0.25) is 24.2 Å². The Morgan fingerprint density at radius 2 is 1.18 bits per heavy atom. The van der Waals surface area contributed by atoms with Crippen molar-refractivity contribution in [3.63, 3.8) is 0 Å². The normalized spacial score (nSPS) is 11.8. The summed E-state index contributed by atoms with van der Waals surface area (Å²) in [6.07, 6.45) is -2.09. The Morgan fingerprint density at radius 3 is 1.50 bits per heavy atom. The molecule has 1 atom stereocenters. The van der Waals surface area contributed by atoms with Crippen LogP contribution in [-0.2, 0) is 19.2 Å². The summed E-state index contributed by atoms with van der Waals surface area (Å²) in [6.45, 7) is -2.59. The van der Waals surface area contributed by atoms with E-state index in [0.717, 1.165) is 4.90 Å². The molecule has 121 valence electrons. The van der Waals surface area contributed by atoms with Gasteiger partial charge in [0.1, 0.15) is 0 Å². The molecule has 5 N–H and O–H groups in total. The maximum Gasteiger partial charge on any atom is 0.348 e. The predicted molar refractivity (Wildman–Crippen MR) is 70.3 cm³/mol. The van der Waals surface area contributed by atoms with Crippen LogP contribution in [0.25, 0.3) is 0 Å². The smallest absolute Gasteiger partial charge is 0.348 e. The van der Waals surface area contributed by atoms with E-state index in [-0.39, 0.29) is 42.6 Å². The van der Waals surface area contributed by atoms with E-state index < -0.39 is 49.7 Å². The number of carboxylic acid groups (broad SMARTS) is 4. The van der Waals surface area contributed by atoms with Gasteiger partial charge in [0.25, 0.3) is 0 Å². The molecule has 0 bridgehead atoms. The summed E-state index contributed by atoms with van der Waals surface area (Å²) in [5.41, 5.74) is 0. The summed E-state index contributed by atoms with van der Waals surface area (Å²) in [5, 5.41) is 43.8. The van der Waals surface area contributed by atoms with E-state index in [0.29, 0.717) is 4.90 Å². The van der Waals surface area contributed by atoms with E-state index in [1.165, 1.54) is 0 Å². The third-order valence-electron chi connectivity index (χ3n) is 2.33. The second kappa shape index (κ2) is 11.3. The van der Waals surface area contributed by atoms with Gasteiger partial charge in [-0.2, -0.15) is 0 Å². The van der Waals surface area contributed by atoms with Crippen LogP contribution in [0, 0.1) is 0 Å². The zero-order valence-electron chi connectivity index (χ0n) is 11.9. The van der Waals surface area contributed by atoms with Crippen molar-refractivity contribution in [1.29, 1.82) is 0 Å². The van der Waals surface area contributed by atoms with Crippen molar-refractivity contribution in [1.82, 2.24) is 9.80 Å². The first-order valence-electron chi connectivity index (χ1n) is 5.66. The van der Waals surface area contributed by atoms with E-state index in [1.807, 2.05) is 0 Å². The molecule has 11 nitrogen and oxygen atoms in total. The summed E-state index contributed by atoms with van der Waals surface area (Å²) in [6, 6.07) is 0. The molecule has 1 radical (unpaired) electrons. The van der Waals surface area contributed by atoms with E-state index in [4.69, 9.17) is 20.4 Å². The van der Waals surface area contributed by atoms with Crippen molar-refractivity contribution >= 4 is 53.4 Å². The molecule has 0 heterocycles. The number of hydrogen-bond acceptors (Lipinski definition) is 7. The van der Waals surface area contributed by atoms with Gasteiger partial charge in [-0.1, -0.05) is 0 Å². The van der Waals surface area contributed by atoms with Crippen LogP contribution >= 0.6 is 0 Å². The Balaban J connectivity index is 0. The van der Waals surface area contributed by atoms with Crippen molar-refractivity contribution in [2.45, 2.75) is 6.23 Å². The van der Waals surface area contributed by atoms with Crippen molar-refractivity contribution in [2.75, 3.05) is 32.7 Å². The molecule has 0 amide bonds. The molecule has 0 aliphatic heterocycles. The monoisotopic (exact) mass is 331 g/mol. The molecule has 22 heavy (non-hydrogen) atoms. The minimum atomic E-state index is -2.09. The molecule has 0 rings (SSSR count). The number of aliphatic carboxylic acids is 4.